The lowest BCUT2D eigenvalue weighted by molar-refractivity contribution is -0.0172. The van der Waals surface area contributed by atoms with E-state index in [1.165, 1.54) is 24.7 Å². The van der Waals surface area contributed by atoms with Gasteiger partial charge in [-0.15, -0.1) is 0 Å². The molecule has 11 heterocycles. The highest BCUT2D eigenvalue weighted by molar-refractivity contribution is 8.06. The zero-order valence-electron chi connectivity index (χ0n) is 51.8. The fraction of sp³-hybridized carbons (Fsp3) is 0.179. The highest BCUT2D eigenvalue weighted by atomic mass is 32.2. The Bertz CT molecular complexity index is 5160. The van der Waals surface area contributed by atoms with E-state index in [-0.39, 0.29) is 72.3 Å². The molecule has 0 saturated carbocycles. The first-order valence-electron chi connectivity index (χ1n) is 30.0. The number of aromatic nitrogens is 5. The van der Waals surface area contributed by atoms with Crippen LogP contribution in [-0.4, -0.2) is 85.7 Å². The normalized spacial score (nSPS) is 14.5. The third kappa shape index (κ3) is 15.5. The molecule has 1 unspecified atom stereocenters. The molecule has 5 aliphatic rings. The number of hydrogen-bond acceptors (Lipinski definition) is 21. The van der Waals surface area contributed by atoms with Crippen LogP contribution in [0.4, 0.5) is 4.39 Å². The maximum atomic E-state index is 13.8. The van der Waals surface area contributed by atoms with Gasteiger partial charge >= 0.3 is 0 Å². The topological polar surface area (TPSA) is 343 Å². The van der Waals surface area contributed by atoms with E-state index >= 15 is 0 Å². The summed E-state index contributed by atoms with van der Waals surface area (Å²) in [5.41, 5.74) is 11.9. The molecule has 10 aromatic rings. The van der Waals surface area contributed by atoms with Gasteiger partial charge in [-0.2, -0.15) is 0 Å². The summed E-state index contributed by atoms with van der Waals surface area (Å²) in [4.78, 5) is 33.0. The molecule has 4 aromatic carbocycles. The van der Waals surface area contributed by atoms with Crippen LogP contribution in [0.1, 0.15) is 91.6 Å². The Morgan fingerprint density at radius 3 is 1.47 bits per heavy atom. The number of benzene rings is 4. The van der Waals surface area contributed by atoms with Gasteiger partial charge in [-0.25, -0.2) is 56.9 Å². The van der Waals surface area contributed by atoms with Crippen LogP contribution in [0, 0.1) is 12.7 Å². The minimum atomic E-state index is -3.86. The highest BCUT2D eigenvalue weighted by Crippen LogP contribution is 2.32. The number of nitrogens with zero attached hydrogens (tertiary/aromatic N) is 9. The Labute approximate surface area is 558 Å². The minimum Gasteiger partial charge on any atom is -0.472 e. The third-order valence-electron chi connectivity index (χ3n) is 15.6. The van der Waals surface area contributed by atoms with E-state index in [9.17, 15) is 38.1 Å². The number of pyridine rings is 4. The van der Waals surface area contributed by atoms with Crippen LogP contribution in [0.15, 0.2) is 218 Å². The van der Waals surface area contributed by atoms with Crippen molar-refractivity contribution in [2.45, 2.75) is 72.3 Å². The van der Waals surface area contributed by atoms with Crippen LogP contribution in [0.3, 0.4) is 0 Å². The number of furan rings is 1. The highest BCUT2D eigenvalue weighted by Gasteiger charge is 2.33. The first-order chi connectivity index (χ1) is 46.8. The number of aryl methyl sites for hydroxylation is 1. The molecule has 6 aromatic heterocycles. The number of halogens is 1. The fourth-order valence-corrected chi connectivity index (χ4v) is 15.8. The SMILES string of the molecule is CC(NS(=O)(=O)C1=NCc2ncccc21)c1ccc(-c2ccccc2)cc1.Cc1onc(-c2ccccc2)c1CNS(=O)(=O)C1=NCc2ncccc21.O=S(=O)(NCc1cc(F)cc2c1OCOC2)C1=NCc2ncccc21.O=S(=O)(NCc1ccoc1)C1=NCc2ncccc21. The van der Waals surface area contributed by atoms with Gasteiger partial charge in [-0.05, 0) is 97.3 Å². The van der Waals surface area contributed by atoms with E-state index in [1.807, 2.05) is 91.9 Å². The third-order valence-corrected chi connectivity index (χ3v) is 21.2. The number of fused-ring (bicyclic) bond motifs is 5. The summed E-state index contributed by atoms with van der Waals surface area (Å²) in [6, 6.07) is 45.0. The van der Waals surface area contributed by atoms with Crippen molar-refractivity contribution in [1.29, 1.82) is 0 Å². The quantitative estimate of drug-likeness (QED) is 0.0791. The van der Waals surface area contributed by atoms with E-state index in [0.717, 1.165) is 27.8 Å². The number of hydrogen-bond donors (Lipinski definition) is 4. The summed E-state index contributed by atoms with van der Waals surface area (Å²) in [5, 5.41) is 4.17. The monoisotopic (exact) mass is 1390 g/mol. The van der Waals surface area contributed by atoms with Crippen LogP contribution in [0.2, 0.25) is 0 Å². The Hall–Kier alpha value is -10.0. The second-order valence-electron chi connectivity index (χ2n) is 22.0. The second kappa shape index (κ2) is 29.1. The van der Waals surface area contributed by atoms with Crippen molar-refractivity contribution < 1.29 is 56.5 Å². The van der Waals surface area contributed by atoms with E-state index in [4.69, 9.17) is 18.4 Å². The first-order valence-corrected chi connectivity index (χ1v) is 35.9. The standard InChI is InChI=1S/C21H19N3O2S.C18H16N4O3S.C16H14FN3O4S.C12H11N3O3S/c1-15(16-9-11-18(12-10-16)17-6-3-2-4-7-17)24-27(25,26)21-19-8-5-13-22-20(19)14-23-21;1-12-15(17(22-25-12)13-6-3-2-4-7-13)10-21-26(23,24)18-14-8-5-9-19-16(14)11-20-18;17-12-4-10(15-11(5-12)8-23-9-24-15)6-20-25(21,22)16-13-2-1-3-18-14(13)7-19-16;16-19(17,15-6-9-3-5-18-8-9)12-10-2-1-4-13-11(10)7-14-12/h2-13,15,24H,14H2,1H3;2-9,21H,10-11H2,1H3;1-5,20H,6-9H2;1-5,8,15H,6-7H2. The van der Waals surface area contributed by atoms with E-state index in [2.05, 4.69) is 64.0 Å². The number of sulfonamides is 4. The lowest BCUT2D eigenvalue weighted by Gasteiger charge is -2.21. The maximum absolute atomic E-state index is 13.8. The molecule has 0 saturated heterocycles. The molecule has 97 heavy (non-hydrogen) atoms. The second-order valence-corrected chi connectivity index (χ2v) is 28.7. The number of nitrogens with one attached hydrogen (secondary N) is 4. The van der Waals surface area contributed by atoms with Crippen LogP contribution in [-0.2, 0) is 97.3 Å². The molecule has 0 fully saturated rings. The van der Waals surface area contributed by atoms with Gasteiger partial charge in [0.1, 0.15) is 23.0 Å². The van der Waals surface area contributed by atoms with Crippen molar-refractivity contribution >= 4 is 60.3 Å². The molecule has 15 rings (SSSR count). The molecule has 0 aliphatic carbocycles. The average molecular weight is 1390 g/mol. The lowest BCUT2D eigenvalue weighted by Crippen LogP contribution is -2.33. The van der Waals surface area contributed by atoms with Crippen molar-refractivity contribution in [3.05, 3.63) is 273 Å². The van der Waals surface area contributed by atoms with E-state index in [1.54, 1.807) is 86.3 Å². The molecule has 0 spiro atoms. The van der Waals surface area contributed by atoms with Crippen LogP contribution >= 0.6 is 0 Å². The average Bonchev–Trinajstić information content (AvgIpc) is 1.78. The summed E-state index contributed by atoms with van der Waals surface area (Å²) in [7, 11) is -15.0. The Kier molecular flexibility index (Phi) is 20.1. The van der Waals surface area contributed by atoms with Gasteiger partial charge in [0, 0.05) is 101 Å². The van der Waals surface area contributed by atoms with Gasteiger partial charge in [0.05, 0.1) is 68.1 Å². The summed E-state index contributed by atoms with van der Waals surface area (Å²) in [6.07, 6.45) is 9.49. The summed E-state index contributed by atoms with van der Waals surface area (Å²) >= 11 is 0. The van der Waals surface area contributed by atoms with Crippen molar-refractivity contribution in [2.75, 3.05) is 6.79 Å². The fourth-order valence-electron chi connectivity index (χ4n) is 10.8. The molecule has 5 aliphatic heterocycles. The van der Waals surface area contributed by atoms with Crippen LogP contribution < -0.4 is 23.6 Å². The van der Waals surface area contributed by atoms with Gasteiger partial charge in [-0.3, -0.25) is 39.9 Å². The zero-order chi connectivity index (χ0) is 67.7. The van der Waals surface area contributed by atoms with Crippen molar-refractivity contribution in [1.82, 2.24) is 44.0 Å². The Morgan fingerprint density at radius 1 is 0.515 bits per heavy atom. The smallest absolute Gasteiger partial charge is 0.258 e. The Balaban J connectivity index is 0.000000124. The van der Waals surface area contributed by atoms with Crippen molar-refractivity contribution in [2.24, 2.45) is 20.0 Å². The van der Waals surface area contributed by atoms with Gasteiger partial charge in [-0.1, -0.05) is 90.1 Å². The molecule has 496 valence electrons. The predicted molar refractivity (Wildman–Crippen MR) is 360 cm³/mol. The molecule has 0 bridgehead atoms. The molecule has 25 nitrogen and oxygen atoms in total. The largest absolute Gasteiger partial charge is 0.472 e. The molecule has 0 amide bonds. The van der Waals surface area contributed by atoms with E-state index < -0.39 is 45.9 Å². The summed E-state index contributed by atoms with van der Waals surface area (Å²) < 4.78 is 145. The zero-order valence-corrected chi connectivity index (χ0v) is 55.0. The lowest BCUT2D eigenvalue weighted by atomic mass is 10.0. The Morgan fingerprint density at radius 2 is 0.979 bits per heavy atom. The van der Waals surface area contributed by atoms with E-state index in [0.29, 0.717) is 92.0 Å². The maximum Gasteiger partial charge on any atom is 0.258 e. The van der Waals surface area contributed by atoms with Gasteiger partial charge in [0.15, 0.2) is 27.0 Å². The minimum absolute atomic E-state index is 0.0240. The van der Waals surface area contributed by atoms with Crippen molar-refractivity contribution in [3.8, 4) is 28.1 Å². The van der Waals surface area contributed by atoms with Crippen molar-refractivity contribution in [3.63, 3.8) is 0 Å². The van der Waals surface area contributed by atoms with Gasteiger partial charge in [0.25, 0.3) is 40.1 Å². The predicted octanol–water partition coefficient (Wildman–Crippen LogP) is 8.64. The molecular weight excluding hydrogens is 1330 g/mol. The van der Waals surface area contributed by atoms with Crippen LogP contribution in [0.25, 0.3) is 22.4 Å². The molecule has 4 N–H and O–H groups in total. The van der Waals surface area contributed by atoms with Gasteiger partial charge < -0.3 is 18.4 Å². The molecule has 0 radical (unpaired) electrons. The number of ether oxygens (including phenoxy) is 2. The molecule has 30 heteroatoms. The molecule has 1 atom stereocenters. The summed E-state index contributed by atoms with van der Waals surface area (Å²) in [5.74, 6) is 0.544. The van der Waals surface area contributed by atoms with Crippen LogP contribution in [0.5, 0.6) is 5.75 Å². The van der Waals surface area contributed by atoms with Gasteiger partial charge in [0.2, 0.25) is 0 Å². The number of rotatable bonds is 14. The number of aliphatic imine (C=N–C) groups is 4. The first kappa shape index (κ1) is 67.0. The molecular formula is C67H60FN13O12S4. The summed E-state index contributed by atoms with van der Waals surface area (Å²) in [6.45, 7) is 5.08.